The highest BCUT2D eigenvalue weighted by molar-refractivity contribution is 9.09. The van der Waals surface area contributed by atoms with Gasteiger partial charge in [0.05, 0.1) is 10.0 Å². The Morgan fingerprint density at radius 2 is 2.05 bits per heavy atom. The molecular formula is C16H20BrCl2NO2. The molecule has 2 atom stereocenters. The second-order valence-electron chi connectivity index (χ2n) is 6.55. The average Bonchev–Trinajstić information content (AvgIpc) is 2.84. The van der Waals surface area contributed by atoms with Crippen LogP contribution in [0.3, 0.4) is 0 Å². The fraction of sp³-hybridized carbons (Fsp3) is 0.562. The highest BCUT2D eigenvalue weighted by atomic mass is 79.9. The Morgan fingerprint density at radius 1 is 1.36 bits per heavy atom. The van der Waals surface area contributed by atoms with E-state index in [9.17, 15) is 4.79 Å². The molecule has 0 aromatic heterocycles. The number of carbonyl (C=O) groups is 1. The Hall–Kier alpha value is -0.450. The summed E-state index contributed by atoms with van der Waals surface area (Å²) in [6.07, 6.45) is -0.279. The Kier molecular flexibility index (Phi) is 5.68. The van der Waals surface area contributed by atoms with E-state index in [1.54, 1.807) is 11.0 Å². The molecule has 1 aliphatic heterocycles. The predicted molar refractivity (Wildman–Crippen MR) is 94.3 cm³/mol. The monoisotopic (exact) mass is 407 g/mol. The highest BCUT2D eigenvalue weighted by Gasteiger charge is 2.38. The molecular weight excluding hydrogens is 389 g/mol. The summed E-state index contributed by atoms with van der Waals surface area (Å²) in [5, 5.41) is 1.91. The van der Waals surface area contributed by atoms with E-state index in [1.807, 2.05) is 32.9 Å². The highest BCUT2D eigenvalue weighted by Crippen LogP contribution is 2.39. The van der Waals surface area contributed by atoms with Crippen LogP contribution < -0.4 is 0 Å². The van der Waals surface area contributed by atoms with Gasteiger partial charge in [-0.05, 0) is 38.3 Å². The van der Waals surface area contributed by atoms with Crippen molar-refractivity contribution in [2.24, 2.45) is 5.92 Å². The van der Waals surface area contributed by atoms with Crippen molar-refractivity contribution in [3.63, 3.8) is 0 Å². The van der Waals surface area contributed by atoms with E-state index < -0.39 is 5.60 Å². The van der Waals surface area contributed by atoms with Crippen LogP contribution in [0.25, 0.3) is 0 Å². The first-order valence-electron chi connectivity index (χ1n) is 7.20. The minimum atomic E-state index is -0.493. The lowest BCUT2D eigenvalue weighted by Crippen LogP contribution is -2.35. The van der Waals surface area contributed by atoms with Gasteiger partial charge in [-0.15, -0.1) is 0 Å². The quantitative estimate of drug-likeness (QED) is 0.618. The fourth-order valence-corrected chi connectivity index (χ4v) is 3.77. The molecule has 1 aliphatic rings. The summed E-state index contributed by atoms with van der Waals surface area (Å²) in [6, 6.07) is 5.65. The predicted octanol–water partition coefficient (Wildman–Crippen LogP) is 5.34. The van der Waals surface area contributed by atoms with Crippen LogP contribution in [-0.4, -0.2) is 35.0 Å². The summed E-state index contributed by atoms with van der Waals surface area (Å²) in [6.45, 7) is 6.84. The molecule has 0 unspecified atom stereocenters. The van der Waals surface area contributed by atoms with Gasteiger partial charge in [0.2, 0.25) is 0 Å². The van der Waals surface area contributed by atoms with Gasteiger partial charge in [0, 0.05) is 24.3 Å². The number of halogens is 3. The fourth-order valence-electron chi connectivity index (χ4n) is 2.66. The lowest BCUT2D eigenvalue weighted by molar-refractivity contribution is 0.0288. The molecule has 1 heterocycles. The molecule has 0 radical (unpaired) electrons. The Morgan fingerprint density at radius 3 is 2.64 bits per heavy atom. The third-order valence-corrected chi connectivity index (χ3v) is 5.34. The number of nitrogens with zero attached hydrogens (tertiary/aromatic N) is 1. The summed E-state index contributed by atoms with van der Waals surface area (Å²) in [5.74, 6) is 0.432. The van der Waals surface area contributed by atoms with Crippen LogP contribution in [-0.2, 0) is 4.74 Å². The van der Waals surface area contributed by atoms with Gasteiger partial charge in [-0.1, -0.05) is 51.3 Å². The number of hydrogen-bond acceptors (Lipinski definition) is 2. The molecule has 1 saturated heterocycles. The first-order valence-corrected chi connectivity index (χ1v) is 9.08. The van der Waals surface area contributed by atoms with E-state index in [4.69, 9.17) is 27.9 Å². The molecule has 6 heteroatoms. The first kappa shape index (κ1) is 17.9. The summed E-state index contributed by atoms with van der Waals surface area (Å²) in [4.78, 5) is 14.0. The van der Waals surface area contributed by atoms with E-state index in [0.29, 0.717) is 23.1 Å². The minimum Gasteiger partial charge on any atom is -0.444 e. The van der Waals surface area contributed by atoms with E-state index >= 15 is 0 Å². The Bertz CT molecular complexity index is 560. The van der Waals surface area contributed by atoms with Crippen LogP contribution in [0.1, 0.15) is 32.3 Å². The maximum absolute atomic E-state index is 12.3. The second kappa shape index (κ2) is 6.98. The maximum atomic E-state index is 12.3. The van der Waals surface area contributed by atoms with E-state index in [2.05, 4.69) is 15.9 Å². The van der Waals surface area contributed by atoms with Crippen molar-refractivity contribution in [1.29, 1.82) is 0 Å². The van der Waals surface area contributed by atoms with Crippen molar-refractivity contribution in [3.8, 4) is 0 Å². The number of benzene rings is 1. The van der Waals surface area contributed by atoms with Crippen molar-refractivity contribution in [2.75, 3.05) is 18.4 Å². The summed E-state index contributed by atoms with van der Waals surface area (Å²) in [5.41, 5.74) is 0.497. The molecule has 0 saturated carbocycles. The van der Waals surface area contributed by atoms with Gasteiger partial charge in [0.25, 0.3) is 0 Å². The smallest absolute Gasteiger partial charge is 0.410 e. The Labute approximate surface area is 150 Å². The maximum Gasteiger partial charge on any atom is 0.410 e. The molecule has 22 heavy (non-hydrogen) atoms. The number of ether oxygens (including phenoxy) is 1. The standard InChI is InChI=1S/C16H20BrCl2NO2/c1-16(2,3)22-15(21)20-8-10(7-17)12(9-20)11-5-4-6-13(18)14(11)19/h4-6,10,12H,7-9H2,1-3H3/t10-,12-/m1/s1. The van der Waals surface area contributed by atoms with Crippen LogP contribution in [0.15, 0.2) is 18.2 Å². The van der Waals surface area contributed by atoms with Crippen LogP contribution in [0.2, 0.25) is 10.0 Å². The summed E-state index contributed by atoms with van der Waals surface area (Å²) >= 11 is 16.0. The van der Waals surface area contributed by atoms with Gasteiger partial charge >= 0.3 is 6.09 Å². The summed E-state index contributed by atoms with van der Waals surface area (Å²) in [7, 11) is 0. The van der Waals surface area contributed by atoms with Gasteiger partial charge in [0.15, 0.2) is 0 Å². The minimum absolute atomic E-state index is 0.151. The van der Waals surface area contributed by atoms with Crippen molar-refractivity contribution < 1.29 is 9.53 Å². The zero-order valence-electron chi connectivity index (χ0n) is 12.9. The molecule has 122 valence electrons. The third kappa shape index (κ3) is 4.09. The van der Waals surface area contributed by atoms with E-state index in [1.165, 1.54) is 0 Å². The number of amides is 1. The van der Waals surface area contributed by atoms with E-state index in [0.717, 1.165) is 10.9 Å². The van der Waals surface area contributed by atoms with Crippen LogP contribution in [0.5, 0.6) is 0 Å². The summed E-state index contributed by atoms with van der Waals surface area (Å²) < 4.78 is 5.47. The average molecular weight is 409 g/mol. The molecule has 0 spiro atoms. The number of likely N-dealkylation sites (tertiary alicyclic amines) is 1. The number of carbonyl (C=O) groups excluding carboxylic acids is 1. The Balaban J connectivity index is 2.20. The van der Waals surface area contributed by atoms with E-state index in [-0.39, 0.29) is 17.9 Å². The molecule has 0 bridgehead atoms. The molecule has 0 N–H and O–H groups in total. The van der Waals surface area contributed by atoms with Gasteiger partial charge < -0.3 is 9.64 Å². The zero-order chi connectivity index (χ0) is 16.5. The number of alkyl halides is 1. The molecule has 0 aliphatic carbocycles. The molecule has 2 rings (SSSR count). The normalized spacial score (nSPS) is 22.0. The van der Waals surface area contributed by atoms with Crippen LogP contribution in [0, 0.1) is 5.92 Å². The first-order chi connectivity index (χ1) is 10.2. The van der Waals surface area contributed by atoms with Gasteiger partial charge in [-0.2, -0.15) is 0 Å². The lowest BCUT2D eigenvalue weighted by atomic mass is 9.90. The van der Waals surface area contributed by atoms with Crippen molar-refractivity contribution in [3.05, 3.63) is 33.8 Å². The van der Waals surface area contributed by atoms with Gasteiger partial charge in [-0.25, -0.2) is 4.79 Å². The number of hydrogen-bond donors (Lipinski definition) is 0. The largest absolute Gasteiger partial charge is 0.444 e. The molecule has 1 fully saturated rings. The van der Waals surface area contributed by atoms with Crippen molar-refractivity contribution in [1.82, 2.24) is 4.90 Å². The second-order valence-corrected chi connectivity index (χ2v) is 7.98. The van der Waals surface area contributed by atoms with Gasteiger partial charge in [0.1, 0.15) is 5.60 Å². The zero-order valence-corrected chi connectivity index (χ0v) is 16.0. The molecule has 1 aromatic carbocycles. The SMILES string of the molecule is CC(C)(C)OC(=O)N1C[C@@H](CBr)[C@H](c2cccc(Cl)c2Cl)C1. The number of rotatable bonds is 2. The lowest BCUT2D eigenvalue weighted by Gasteiger charge is -2.24. The molecule has 1 amide bonds. The van der Waals surface area contributed by atoms with Crippen molar-refractivity contribution >= 4 is 45.2 Å². The third-order valence-electron chi connectivity index (χ3n) is 3.67. The van der Waals surface area contributed by atoms with Gasteiger partial charge in [-0.3, -0.25) is 0 Å². The molecule has 3 nitrogen and oxygen atoms in total. The molecule has 1 aromatic rings. The topological polar surface area (TPSA) is 29.5 Å². The van der Waals surface area contributed by atoms with Crippen molar-refractivity contribution in [2.45, 2.75) is 32.3 Å². The van der Waals surface area contributed by atoms with Crippen LogP contribution in [0.4, 0.5) is 4.79 Å². The van der Waals surface area contributed by atoms with Crippen LogP contribution >= 0.6 is 39.1 Å².